The van der Waals surface area contributed by atoms with Crippen molar-refractivity contribution in [1.82, 2.24) is 0 Å². The minimum absolute atomic E-state index is 0.112. The van der Waals surface area contributed by atoms with Crippen molar-refractivity contribution in [3.63, 3.8) is 0 Å². The molecule has 0 radical (unpaired) electrons. The Morgan fingerprint density at radius 3 is 2.40 bits per heavy atom. The quantitative estimate of drug-likeness (QED) is 0.588. The number of aliphatic hydroxyl groups excluding tert-OH is 1. The lowest BCUT2D eigenvalue weighted by molar-refractivity contribution is 0.207. The molecule has 0 aliphatic carbocycles. The second kappa shape index (κ2) is 4.82. The van der Waals surface area contributed by atoms with E-state index < -0.39 is 16.9 Å². The van der Waals surface area contributed by atoms with E-state index in [-0.39, 0.29) is 11.8 Å². The Kier molecular flexibility index (Phi) is 4.85. The van der Waals surface area contributed by atoms with Gasteiger partial charge in [0.15, 0.2) is 0 Å². The highest BCUT2D eigenvalue weighted by atomic mass is 32.2. The van der Waals surface area contributed by atoms with E-state index >= 15 is 0 Å². The summed E-state index contributed by atoms with van der Waals surface area (Å²) in [6, 6.07) is 0. The topological polar surface area (TPSA) is 63.3 Å². The van der Waals surface area contributed by atoms with Crippen LogP contribution in [-0.2, 0) is 10.8 Å². The Bertz CT molecular complexity index is 116. The van der Waals surface area contributed by atoms with Crippen molar-refractivity contribution in [2.24, 2.45) is 5.73 Å². The van der Waals surface area contributed by atoms with Crippen molar-refractivity contribution in [3.05, 3.63) is 0 Å². The van der Waals surface area contributed by atoms with Gasteiger partial charge in [-0.15, -0.1) is 0 Å². The van der Waals surface area contributed by atoms with E-state index in [0.717, 1.165) is 0 Å². The van der Waals surface area contributed by atoms with Crippen LogP contribution in [0.4, 0.5) is 0 Å². The van der Waals surface area contributed by atoms with Gasteiger partial charge in [0.2, 0.25) is 0 Å². The van der Waals surface area contributed by atoms with E-state index in [2.05, 4.69) is 0 Å². The summed E-state index contributed by atoms with van der Waals surface area (Å²) in [6.45, 7) is 3.91. The normalized spacial score (nSPS) is 17.3. The maximum Gasteiger partial charge on any atom is 0.0777 e. The first kappa shape index (κ1) is 10.1. The molecular weight excluding hydrogens is 150 g/mol. The Balaban J connectivity index is 3.57. The molecule has 62 valence electrons. The fraction of sp³-hybridized carbons (Fsp3) is 1.00. The summed E-state index contributed by atoms with van der Waals surface area (Å²) in [4.78, 5) is 0. The van der Waals surface area contributed by atoms with Crippen molar-refractivity contribution >= 4 is 10.8 Å². The minimum atomic E-state index is -0.932. The zero-order chi connectivity index (χ0) is 8.15. The molecule has 0 saturated carbocycles. The molecule has 0 amide bonds. The van der Waals surface area contributed by atoms with Gasteiger partial charge in [0.05, 0.1) is 11.9 Å². The largest absolute Gasteiger partial charge is 0.391 e. The molecule has 0 aliphatic heterocycles. The average Bonchev–Trinajstić information content (AvgIpc) is 1.87. The fourth-order valence-electron chi connectivity index (χ4n) is 0.450. The van der Waals surface area contributed by atoms with Crippen LogP contribution in [0.25, 0.3) is 0 Å². The van der Waals surface area contributed by atoms with Crippen LogP contribution in [0.3, 0.4) is 0 Å². The van der Waals surface area contributed by atoms with Gasteiger partial charge in [-0.25, -0.2) is 0 Å². The van der Waals surface area contributed by atoms with Crippen LogP contribution in [0.5, 0.6) is 0 Å². The van der Waals surface area contributed by atoms with Gasteiger partial charge in [0.1, 0.15) is 0 Å². The smallest absolute Gasteiger partial charge is 0.0777 e. The van der Waals surface area contributed by atoms with E-state index in [0.29, 0.717) is 5.75 Å². The average molecular weight is 165 g/mol. The van der Waals surface area contributed by atoms with Crippen molar-refractivity contribution in [1.29, 1.82) is 0 Å². The zero-order valence-corrected chi connectivity index (χ0v) is 7.23. The highest BCUT2D eigenvalue weighted by Gasteiger charge is 2.09. The van der Waals surface area contributed by atoms with E-state index in [9.17, 15) is 4.21 Å². The van der Waals surface area contributed by atoms with Gasteiger partial charge in [-0.05, 0) is 0 Å². The van der Waals surface area contributed by atoms with Crippen LogP contribution >= 0.6 is 0 Å². The molecule has 0 spiro atoms. The number of hydrogen-bond acceptors (Lipinski definition) is 3. The third-order valence-electron chi connectivity index (χ3n) is 1.15. The van der Waals surface area contributed by atoms with Gasteiger partial charge in [-0.1, -0.05) is 13.8 Å². The molecule has 0 fully saturated rings. The third kappa shape index (κ3) is 3.98. The molecule has 3 nitrogen and oxygen atoms in total. The lowest BCUT2D eigenvalue weighted by Gasteiger charge is -2.08. The zero-order valence-electron chi connectivity index (χ0n) is 6.41. The SMILES string of the molecule is CC(C)S(=O)C[C@H](O)CN. The monoisotopic (exact) mass is 165 g/mol. The summed E-state index contributed by atoms with van der Waals surface area (Å²) in [5.41, 5.74) is 5.14. The van der Waals surface area contributed by atoms with Crippen molar-refractivity contribution < 1.29 is 9.32 Å². The Morgan fingerprint density at radius 1 is 1.60 bits per heavy atom. The number of hydrogen-bond donors (Lipinski definition) is 2. The lowest BCUT2D eigenvalue weighted by Crippen LogP contribution is -2.28. The molecule has 10 heavy (non-hydrogen) atoms. The van der Waals surface area contributed by atoms with Gasteiger partial charge in [0.25, 0.3) is 0 Å². The Labute approximate surface area is 64.1 Å². The van der Waals surface area contributed by atoms with Crippen molar-refractivity contribution in [3.8, 4) is 0 Å². The molecule has 1 unspecified atom stereocenters. The van der Waals surface area contributed by atoms with Crippen LogP contribution < -0.4 is 5.73 Å². The van der Waals surface area contributed by atoms with Crippen LogP contribution in [0.15, 0.2) is 0 Å². The molecule has 0 heterocycles. The summed E-state index contributed by atoms with van der Waals surface area (Å²) >= 11 is 0. The van der Waals surface area contributed by atoms with Crippen LogP contribution in [0.1, 0.15) is 13.8 Å². The summed E-state index contributed by atoms with van der Waals surface area (Å²) in [5, 5.41) is 9.07. The first-order valence-electron chi connectivity index (χ1n) is 3.33. The number of rotatable bonds is 4. The maximum absolute atomic E-state index is 11.0. The van der Waals surface area contributed by atoms with Crippen LogP contribution in [-0.4, -0.2) is 33.0 Å². The maximum atomic E-state index is 11.0. The molecule has 0 aromatic rings. The van der Waals surface area contributed by atoms with E-state index in [1.165, 1.54) is 0 Å². The summed E-state index contributed by atoms with van der Waals surface area (Å²) < 4.78 is 11.0. The molecule has 0 aliphatic rings. The van der Waals surface area contributed by atoms with E-state index in [1.54, 1.807) is 0 Å². The van der Waals surface area contributed by atoms with Crippen LogP contribution in [0, 0.1) is 0 Å². The standard InChI is InChI=1S/C6H15NO2S/c1-5(2)10(9)4-6(8)3-7/h5-6,8H,3-4,7H2,1-2H3/t6-,10?/m1/s1. The molecule has 0 bridgehead atoms. The molecular formula is C6H15NO2S. The highest BCUT2D eigenvalue weighted by Crippen LogP contribution is 1.95. The number of aliphatic hydroxyl groups is 1. The third-order valence-corrected chi connectivity index (χ3v) is 2.92. The summed E-state index contributed by atoms with van der Waals surface area (Å²) in [5.74, 6) is 0.300. The van der Waals surface area contributed by atoms with Crippen molar-refractivity contribution in [2.75, 3.05) is 12.3 Å². The van der Waals surface area contributed by atoms with E-state index in [1.807, 2.05) is 13.8 Å². The molecule has 4 heteroatoms. The molecule has 3 N–H and O–H groups in total. The van der Waals surface area contributed by atoms with Crippen molar-refractivity contribution in [2.45, 2.75) is 25.2 Å². The molecule has 0 aromatic carbocycles. The first-order valence-corrected chi connectivity index (χ1v) is 4.71. The molecule has 2 atom stereocenters. The van der Waals surface area contributed by atoms with Gasteiger partial charge >= 0.3 is 0 Å². The number of nitrogens with two attached hydrogens (primary N) is 1. The predicted octanol–water partition coefficient (Wildman–Crippen LogP) is -0.537. The minimum Gasteiger partial charge on any atom is -0.391 e. The van der Waals surface area contributed by atoms with E-state index in [4.69, 9.17) is 10.8 Å². The predicted molar refractivity (Wildman–Crippen MR) is 43.2 cm³/mol. The highest BCUT2D eigenvalue weighted by molar-refractivity contribution is 7.85. The second-order valence-electron chi connectivity index (χ2n) is 2.49. The molecule has 0 rings (SSSR count). The van der Waals surface area contributed by atoms with Gasteiger partial charge < -0.3 is 10.8 Å². The Morgan fingerprint density at radius 2 is 2.10 bits per heavy atom. The summed E-state index contributed by atoms with van der Waals surface area (Å²) in [7, 11) is -0.932. The molecule has 0 aromatic heterocycles. The fourth-order valence-corrected chi connectivity index (χ4v) is 1.35. The second-order valence-corrected chi connectivity index (χ2v) is 4.52. The van der Waals surface area contributed by atoms with Gasteiger partial charge in [-0.3, -0.25) is 4.21 Å². The first-order chi connectivity index (χ1) is 4.57. The lowest BCUT2D eigenvalue weighted by atomic mass is 10.4. The van der Waals surface area contributed by atoms with Gasteiger partial charge in [0, 0.05) is 22.6 Å². The van der Waals surface area contributed by atoms with Crippen LogP contribution in [0.2, 0.25) is 0 Å². The van der Waals surface area contributed by atoms with Gasteiger partial charge in [-0.2, -0.15) is 0 Å². The summed E-state index contributed by atoms with van der Waals surface area (Å²) in [6.07, 6.45) is -0.608. The Hall–Kier alpha value is 0.0700. The molecule has 0 saturated heterocycles.